The molecular weight excluding hydrogens is 420 g/mol. The summed E-state index contributed by atoms with van der Waals surface area (Å²) in [6.45, 7) is 3.26. The summed E-state index contributed by atoms with van der Waals surface area (Å²) in [7, 11) is 5.81. The fourth-order valence-electron chi connectivity index (χ4n) is 3.46. The number of rotatable bonds is 9. The lowest BCUT2D eigenvalue weighted by atomic mass is 10.1. The van der Waals surface area contributed by atoms with Crippen molar-refractivity contribution in [2.45, 2.75) is 6.54 Å². The van der Waals surface area contributed by atoms with Crippen LogP contribution in [-0.4, -0.2) is 83.9 Å². The molecule has 168 valence electrons. The Morgan fingerprint density at radius 2 is 2.19 bits per heavy atom. The number of hydroxylamine groups is 1. The largest absolute Gasteiger partial charge is 0.369 e. The van der Waals surface area contributed by atoms with Crippen molar-refractivity contribution in [2.75, 3.05) is 51.1 Å². The SMILES string of the molecule is CNCCN(CCCl)c1ccc2c(c1)nc(CN(C)C1=NCC(C(=O)NO)C=N1)n2C. The quantitative estimate of drug-likeness (QED) is 0.298. The van der Waals surface area contributed by atoms with E-state index in [2.05, 4.69) is 43.0 Å². The molecule has 0 saturated heterocycles. The van der Waals surface area contributed by atoms with Crippen LogP contribution in [0.3, 0.4) is 0 Å². The van der Waals surface area contributed by atoms with Gasteiger partial charge in [-0.3, -0.25) is 10.0 Å². The number of amides is 1. The molecule has 2 heterocycles. The minimum absolute atomic E-state index is 0.241. The number of carbonyl (C=O) groups excluding carboxylic acids is 1. The van der Waals surface area contributed by atoms with Gasteiger partial charge < -0.3 is 19.7 Å². The molecule has 31 heavy (non-hydrogen) atoms. The van der Waals surface area contributed by atoms with Crippen molar-refractivity contribution < 1.29 is 10.0 Å². The number of fused-ring (bicyclic) bond motifs is 1. The molecule has 0 aliphatic carbocycles. The summed E-state index contributed by atoms with van der Waals surface area (Å²) >= 11 is 5.99. The van der Waals surface area contributed by atoms with Gasteiger partial charge in [0.15, 0.2) is 0 Å². The summed E-state index contributed by atoms with van der Waals surface area (Å²) in [5.74, 6) is 0.883. The summed E-state index contributed by atoms with van der Waals surface area (Å²) < 4.78 is 2.06. The number of nitrogens with zero attached hydrogens (tertiary/aromatic N) is 6. The van der Waals surface area contributed by atoms with Crippen molar-refractivity contribution in [1.29, 1.82) is 0 Å². The fourth-order valence-corrected chi connectivity index (χ4v) is 3.66. The molecule has 0 spiro atoms. The Morgan fingerprint density at radius 3 is 2.84 bits per heavy atom. The number of halogens is 1. The maximum atomic E-state index is 11.5. The van der Waals surface area contributed by atoms with Crippen LogP contribution < -0.4 is 15.7 Å². The summed E-state index contributed by atoms with van der Waals surface area (Å²) in [6.07, 6.45) is 1.50. The molecule has 0 fully saturated rings. The highest BCUT2D eigenvalue weighted by atomic mass is 35.5. The van der Waals surface area contributed by atoms with Gasteiger partial charge in [0.05, 0.1) is 30.0 Å². The maximum absolute atomic E-state index is 11.5. The van der Waals surface area contributed by atoms with E-state index in [0.29, 0.717) is 18.4 Å². The van der Waals surface area contributed by atoms with Crippen molar-refractivity contribution in [3.8, 4) is 0 Å². The number of hydrogen-bond donors (Lipinski definition) is 3. The van der Waals surface area contributed by atoms with E-state index in [0.717, 1.165) is 42.2 Å². The first-order valence-electron chi connectivity index (χ1n) is 10.1. The predicted octanol–water partition coefficient (Wildman–Crippen LogP) is 0.832. The lowest BCUT2D eigenvalue weighted by molar-refractivity contribution is -0.130. The van der Waals surface area contributed by atoms with Crippen molar-refractivity contribution in [2.24, 2.45) is 23.0 Å². The number of guanidine groups is 1. The van der Waals surface area contributed by atoms with E-state index in [4.69, 9.17) is 21.8 Å². The fraction of sp³-hybridized carbons (Fsp3) is 0.500. The molecule has 1 atom stereocenters. The molecule has 3 rings (SSSR count). The second-order valence-corrected chi connectivity index (χ2v) is 7.78. The highest BCUT2D eigenvalue weighted by molar-refractivity contribution is 6.18. The number of alkyl halides is 1. The van der Waals surface area contributed by atoms with Crippen molar-refractivity contribution in [3.05, 3.63) is 24.0 Å². The van der Waals surface area contributed by atoms with Crippen molar-refractivity contribution in [3.63, 3.8) is 0 Å². The van der Waals surface area contributed by atoms with Gasteiger partial charge in [-0.25, -0.2) is 20.4 Å². The molecule has 1 aliphatic rings. The smallest absolute Gasteiger partial charge is 0.253 e. The summed E-state index contributed by atoms with van der Waals surface area (Å²) in [5.41, 5.74) is 4.68. The zero-order valence-corrected chi connectivity index (χ0v) is 18.8. The molecular formula is C20H29ClN8O2. The first-order chi connectivity index (χ1) is 15.0. The van der Waals surface area contributed by atoms with E-state index in [-0.39, 0.29) is 6.54 Å². The van der Waals surface area contributed by atoms with E-state index in [1.807, 2.05) is 26.0 Å². The molecule has 3 N–H and O–H groups in total. The van der Waals surface area contributed by atoms with Crippen LogP contribution >= 0.6 is 11.6 Å². The van der Waals surface area contributed by atoms with Crippen LogP contribution in [0, 0.1) is 5.92 Å². The summed E-state index contributed by atoms with van der Waals surface area (Å²) in [6, 6.07) is 6.27. The highest BCUT2D eigenvalue weighted by Crippen LogP contribution is 2.23. The van der Waals surface area contributed by atoms with E-state index < -0.39 is 11.8 Å². The molecule has 2 aromatic rings. The topological polar surface area (TPSA) is 110 Å². The minimum Gasteiger partial charge on any atom is -0.369 e. The molecule has 1 aromatic heterocycles. The lowest BCUT2D eigenvalue weighted by Gasteiger charge is -2.23. The zero-order chi connectivity index (χ0) is 22.4. The first-order valence-corrected chi connectivity index (χ1v) is 10.7. The summed E-state index contributed by atoms with van der Waals surface area (Å²) in [4.78, 5) is 29.1. The molecule has 10 nitrogen and oxygen atoms in total. The molecule has 11 heteroatoms. The van der Waals surface area contributed by atoms with Crippen LogP contribution in [0.1, 0.15) is 5.82 Å². The van der Waals surface area contributed by atoms with Crippen LogP contribution in [-0.2, 0) is 18.4 Å². The maximum Gasteiger partial charge on any atom is 0.253 e. The number of nitrogens with one attached hydrogen (secondary N) is 2. The minimum atomic E-state index is -0.560. The summed E-state index contributed by atoms with van der Waals surface area (Å²) in [5, 5.41) is 11.9. The number of hydrogen-bond acceptors (Lipinski definition) is 8. The second kappa shape index (κ2) is 10.6. The number of aromatic nitrogens is 2. The number of anilines is 1. The van der Waals surface area contributed by atoms with Crippen LogP contribution in [0.4, 0.5) is 5.69 Å². The number of carbonyl (C=O) groups is 1. The van der Waals surface area contributed by atoms with Crippen LogP contribution in [0.15, 0.2) is 28.2 Å². The van der Waals surface area contributed by atoms with Gasteiger partial charge >= 0.3 is 0 Å². The van der Waals surface area contributed by atoms with E-state index >= 15 is 0 Å². The number of imidazole rings is 1. The standard InChI is InChI=1S/C20H29ClN8O2/c1-22-7-9-29(8-6-21)15-4-5-17-16(10-15)25-18(28(17)3)13-27(2)20-23-11-14(12-24-20)19(30)26-31/h4-5,10-11,14,22,31H,6-9,12-13H2,1-3H3,(H,26,30). The van der Waals surface area contributed by atoms with Gasteiger partial charge in [0.2, 0.25) is 5.96 Å². The van der Waals surface area contributed by atoms with Gasteiger partial charge in [-0.2, -0.15) is 0 Å². The molecule has 0 saturated carbocycles. The van der Waals surface area contributed by atoms with E-state index in [9.17, 15) is 4.79 Å². The van der Waals surface area contributed by atoms with Crippen LogP contribution in [0.2, 0.25) is 0 Å². The molecule has 0 bridgehead atoms. The molecule has 1 unspecified atom stereocenters. The predicted molar refractivity (Wildman–Crippen MR) is 123 cm³/mol. The highest BCUT2D eigenvalue weighted by Gasteiger charge is 2.21. The van der Waals surface area contributed by atoms with Gasteiger partial charge in [-0.1, -0.05) is 0 Å². The average Bonchev–Trinajstić information content (AvgIpc) is 3.10. The number of aliphatic imine (C=N–C) groups is 2. The number of aryl methyl sites for hydroxylation is 1. The van der Waals surface area contributed by atoms with Gasteiger partial charge in [0.25, 0.3) is 5.91 Å². The van der Waals surface area contributed by atoms with E-state index in [1.54, 1.807) is 5.48 Å². The molecule has 1 amide bonds. The lowest BCUT2D eigenvalue weighted by Crippen LogP contribution is -2.35. The Hall–Kier alpha value is -2.69. The average molecular weight is 449 g/mol. The Labute approximate surface area is 186 Å². The van der Waals surface area contributed by atoms with Crippen LogP contribution in [0.5, 0.6) is 0 Å². The molecule has 1 aromatic carbocycles. The van der Waals surface area contributed by atoms with Crippen molar-refractivity contribution in [1.82, 2.24) is 25.2 Å². The van der Waals surface area contributed by atoms with Gasteiger partial charge in [0, 0.05) is 51.5 Å². The van der Waals surface area contributed by atoms with Gasteiger partial charge in [0.1, 0.15) is 5.82 Å². The second-order valence-electron chi connectivity index (χ2n) is 7.40. The Balaban J connectivity index is 1.76. The van der Waals surface area contributed by atoms with Crippen molar-refractivity contribution >= 4 is 46.4 Å². The number of benzene rings is 1. The first kappa shape index (κ1) is 23.0. The third-order valence-corrected chi connectivity index (χ3v) is 5.44. The molecule has 1 aliphatic heterocycles. The molecule has 0 radical (unpaired) electrons. The Bertz CT molecular complexity index is 973. The Morgan fingerprint density at radius 1 is 1.39 bits per heavy atom. The third kappa shape index (κ3) is 5.33. The monoisotopic (exact) mass is 448 g/mol. The van der Waals surface area contributed by atoms with Gasteiger partial charge in [-0.05, 0) is 25.2 Å². The number of likely N-dealkylation sites (N-methyl/N-ethyl adjacent to an activating group) is 1. The van der Waals surface area contributed by atoms with E-state index in [1.165, 1.54) is 6.21 Å². The normalized spacial score (nSPS) is 15.8. The zero-order valence-electron chi connectivity index (χ0n) is 18.0. The van der Waals surface area contributed by atoms with Gasteiger partial charge in [-0.15, -0.1) is 11.6 Å². The third-order valence-electron chi connectivity index (χ3n) is 5.27. The van der Waals surface area contributed by atoms with Crippen LogP contribution in [0.25, 0.3) is 11.0 Å². The Kier molecular flexibility index (Phi) is 7.83.